The van der Waals surface area contributed by atoms with Crippen LogP contribution in [0.3, 0.4) is 0 Å². The zero-order chi connectivity index (χ0) is 14.0. The first kappa shape index (κ1) is 13.3. The molecule has 2 aromatic rings. The van der Waals surface area contributed by atoms with Crippen molar-refractivity contribution >= 4 is 5.91 Å². The topological polar surface area (TPSA) is 38.1 Å². The number of carbonyl (C=O) groups excluding carboxylic acids is 1. The largest absolute Gasteiger partial charge is 0.337 e. The van der Waals surface area contributed by atoms with E-state index < -0.39 is 5.82 Å². The van der Waals surface area contributed by atoms with Crippen LogP contribution in [0.15, 0.2) is 30.6 Å². The van der Waals surface area contributed by atoms with Crippen molar-refractivity contribution in [1.82, 2.24) is 14.7 Å². The van der Waals surface area contributed by atoms with Crippen LogP contribution >= 0.6 is 0 Å². The maximum Gasteiger partial charge on any atom is 0.256 e. The van der Waals surface area contributed by atoms with Crippen molar-refractivity contribution in [2.24, 2.45) is 7.05 Å². The van der Waals surface area contributed by atoms with Crippen LogP contribution in [0, 0.1) is 12.7 Å². The van der Waals surface area contributed by atoms with E-state index in [0.717, 1.165) is 11.1 Å². The summed E-state index contributed by atoms with van der Waals surface area (Å²) in [6, 6.07) is 4.53. The second kappa shape index (κ2) is 5.22. The molecule has 19 heavy (non-hydrogen) atoms. The molecule has 0 N–H and O–H groups in total. The van der Waals surface area contributed by atoms with Gasteiger partial charge in [-0.05, 0) is 19.1 Å². The molecular weight excluding hydrogens is 245 g/mol. The molecule has 1 aromatic heterocycles. The van der Waals surface area contributed by atoms with Gasteiger partial charge in [0.15, 0.2) is 0 Å². The quantitative estimate of drug-likeness (QED) is 0.849. The molecule has 0 saturated carbocycles. The summed E-state index contributed by atoms with van der Waals surface area (Å²) in [5, 5.41) is 4.04. The van der Waals surface area contributed by atoms with E-state index in [0.29, 0.717) is 6.54 Å². The van der Waals surface area contributed by atoms with Gasteiger partial charge in [-0.15, -0.1) is 0 Å². The van der Waals surface area contributed by atoms with Crippen molar-refractivity contribution < 1.29 is 9.18 Å². The van der Waals surface area contributed by atoms with Crippen molar-refractivity contribution in [2.75, 3.05) is 7.05 Å². The molecule has 0 unspecified atom stereocenters. The molecule has 2 rings (SSSR count). The number of benzene rings is 1. The lowest BCUT2D eigenvalue weighted by Crippen LogP contribution is -2.27. The molecule has 4 nitrogen and oxygen atoms in total. The molecule has 0 radical (unpaired) electrons. The standard InChI is InChI=1S/C14H16FN3O/c1-10-4-5-13(15)12(6-10)14(19)17(2)8-11-7-16-18(3)9-11/h4-7,9H,8H2,1-3H3. The first-order valence-electron chi connectivity index (χ1n) is 5.96. The second-order valence-corrected chi connectivity index (χ2v) is 4.67. The van der Waals surface area contributed by atoms with Crippen LogP contribution in [0.5, 0.6) is 0 Å². The molecule has 1 amide bonds. The third-order valence-electron chi connectivity index (χ3n) is 2.88. The Labute approximate surface area is 111 Å². The van der Waals surface area contributed by atoms with Crippen LogP contribution in [0.25, 0.3) is 0 Å². The van der Waals surface area contributed by atoms with Gasteiger partial charge in [0.25, 0.3) is 5.91 Å². The van der Waals surface area contributed by atoms with E-state index in [1.165, 1.54) is 11.0 Å². The van der Waals surface area contributed by atoms with E-state index in [1.54, 1.807) is 30.1 Å². The minimum absolute atomic E-state index is 0.103. The van der Waals surface area contributed by atoms with Gasteiger partial charge in [0.2, 0.25) is 0 Å². The Morgan fingerprint density at radius 1 is 1.47 bits per heavy atom. The summed E-state index contributed by atoms with van der Waals surface area (Å²) >= 11 is 0. The van der Waals surface area contributed by atoms with Gasteiger partial charge >= 0.3 is 0 Å². The van der Waals surface area contributed by atoms with Gasteiger partial charge < -0.3 is 4.90 Å². The summed E-state index contributed by atoms with van der Waals surface area (Å²) in [5.41, 5.74) is 1.87. The summed E-state index contributed by atoms with van der Waals surface area (Å²) in [6.45, 7) is 2.23. The molecule has 1 heterocycles. The smallest absolute Gasteiger partial charge is 0.256 e. The third kappa shape index (κ3) is 2.99. The predicted octanol–water partition coefficient (Wildman–Crippen LogP) is 2.14. The lowest BCUT2D eigenvalue weighted by molar-refractivity contribution is 0.0780. The Kier molecular flexibility index (Phi) is 3.64. The van der Waals surface area contributed by atoms with Crippen molar-refractivity contribution in [3.05, 3.63) is 53.1 Å². The van der Waals surface area contributed by atoms with Crippen LogP contribution in [-0.4, -0.2) is 27.6 Å². The summed E-state index contributed by atoms with van der Waals surface area (Å²) in [4.78, 5) is 13.7. The molecule has 100 valence electrons. The average Bonchev–Trinajstić information content (AvgIpc) is 2.77. The Bertz CT molecular complexity index is 606. The molecule has 0 aliphatic rings. The minimum atomic E-state index is -0.492. The number of carbonyl (C=O) groups is 1. The number of aromatic nitrogens is 2. The van der Waals surface area contributed by atoms with Crippen LogP contribution in [0.4, 0.5) is 4.39 Å². The monoisotopic (exact) mass is 261 g/mol. The number of aryl methyl sites for hydroxylation is 2. The van der Waals surface area contributed by atoms with E-state index in [-0.39, 0.29) is 11.5 Å². The van der Waals surface area contributed by atoms with Crippen molar-refractivity contribution in [2.45, 2.75) is 13.5 Å². The molecular formula is C14H16FN3O. The number of hydrogen-bond acceptors (Lipinski definition) is 2. The first-order chi connectivity index (χ1) is 8.97. The van der Waals surface area contributed by atoms with Gasteiger partial charge in [-0.25, -0.2) is 4.39 Å². The van der Waals surface area contributed by atoms with E-state index >= 15 is 0 Å². The maximum atomic E-state index is 13.7. The SMILES string of the molecule is Cc1ccc(F)c(C(=O)N(C)Cc2cnn(C)c2)c1. The average molecular weight is 261 g/mol. The Balaban J connectivity index is 2.16. The van der Waals surface area contributed by atoms with Crippen LogP contribution in [0.2, 0.25) is 0 Å². The highest BCUT2D eigenvalue weighted by Gasteiger charge is 2.16. The summed E-state index contributed by atoms with van der Waals surface area (Å²) in [7, 11) is 3.46. The van der Waals surface area contributed by atoms with Gasteiger partial charge in [-0.1, -0.05) is 11.6 Å². The molecule has 0 aliphatic heterocycles. The van der Waals surface area contributed by atoms with Crippen molar-refractivity contribution in [1.29, 1.82) is 0 Å². The van der Waals surface area contributed by atoms with Gasteiger partial charge in [0.1, 0.15) is 5.82 Å². The first-order valence-corrected chi connectivity index (χ1v) is 5.96. The number of halogens is 1. The zero-order valence-electron chi connectivity index (χ0n) is 11.2. The third-order valence-corrected chi connectivity index (χ3v) is 2.88. The highest BCUT2D eigenvalue weighted by atomic mass is 19.1. The van der Waals surface area contributed by atoms with Gasteiger partial charge in [-0.3, -0.25) is 9.48 Å². The molecule has 0 aliphatic carbocycles. The molecule has 5 heteroatoms. The molecule has 0 atom stereocenters. The lowest BCUT2D eigenvalue weighted by atomic mass is 10.1. The fraction of sp³-hybridized carbons (Fsp3) is 0.286. The van der Waals surface area contributed by atoms with Crippen LogP contribution in [-0.2, 0) is 13.6 Å². The molecule has 1 aromatic carbocycles. The van der Waals surface area contributed by atoms with Crippen molar-refractivity contribution in [3.8, 4) is 0 Å². The number of amides is 1. The van der Waals surface area contributed by atoms with E-state index in [4.69, 9.17) is 0 Å². The van der Waals surface area contributed by atoms with Crippen LogP contribution < -0.4 is 0 Å². The van der Waals surface area contributed by atoms with Gasteiger partial charge in [0, 0.05) is 32.4 Å². The minimum Gasteiger partial charge on any atom is -0.337 e. The van der Waals surface area contributed by atoms with Gasteiger partial charge in [0.05, 0.1) is 11.8 Å². The highest BCUT2D eigenvalue weighted by Crippen LogP contribution is 2.13. The zero-order valence-corrected chi connectivity index (χ0v) is 11.2. The predicted molar refractivity (Wildman–Crippen MR) is 70.1 cm³/mol. The fourth-order valence-electron chi connectivity index (χ4n) is 1.91. The normalized spacial score (nSPS) is 10.5. The van der Waals surface area contributed by atoms with E-state index in [9.17, 15) is 9.18 Å². The summed E-state index contributed by atoms with van der Waals surface area (Å²) < 4.78 is 15.3. The summed E-state index contributed by atoms with van der Waals surface area (Å²) in [6.07, 6.45) is 3.52. The summed E-state index contributed by atoms with van der Waals surface area (Å²) in [5.74, 6) is -0.821. The van der Waals surface area contributed by atoms with E-state index in [2.05, 4.69) is 5.10 Å². The Morgan fingerprint density at radius 2 is 2.21 bits per heavy atom. The lowest BCUT2D eigenvalue weighted by Gasteiger charge is -2.17. The molecule has 0 saturated heterocycles. The molecule has 0 spiro atoms. The number of nitrogens with zero attached hydrogens (tertiary/aromatic N) is 3. The maximum absolute atomic E-state index is 13.7. The fourth-order valence-corrected chi connectivity index (χ4v) is 1.91. The Hall–Kier alpha value is -2.17. The highest BCUT2D eigenvalue weighted by molar-refractivity contribution is 5.94. The number of rotatable bonds is 3. The van der Waals surface area contributed by atoms with E-state index in [1.807, 2.05) is 20.2 Å². The number of hydrogen-bond donors (Lipinski definition) is 0. The van der Waals surface area contributed by atoms with Crippen molar-refractivity contribution in [3.63, 3.8) is 0 Å². The second-order valence-electron chi connectivity index (χ2n) is 4.67. The Morgan fingerprint density at radius 3 is 2.84 bits per heavy atom. The van der Waals surface area contributed by atoms with Crippen LogP contribution in [0.1, 0.15) is 21.5 Å². The molecule has 0 fully saturated rings. The molecule has 0 bridgehead atoms. The van der Waals surface area contributed by atoms with Gasteiger partial charge in [-0.2, -0.15) is 5.10 Å².